The Morgan fingerprint density at radius 1 is 1.04 bits per heavy atom. The highest BCUT2D eigenvalue weighted by molar-refractivity contribution is 5.95. The van der Waals surface area contributed by atoms with Gasteiger partial charge in [0, 0.05) is 23.1 Å². The van der Waals surface area contributed by atoms with Gasteiger partial charge in [-0.25, -0.2) is 0 Å². The van der Waals surface area contributed by atoms with E-state index in [1.165, 1.54) is 5.56 Å². The molecular formula is C21H24N2O. The van der Waals surface area contributed by atoms with Gasteiger partial charge in [0.15, 0.2) is 0 Å². The van der Waals surface area contributed by atoms with Crippen molar-refractivity contribution in [2.75, 3.05) is 0 Å². The minimum absolute atomic E-state index is 0.0379. The Morgan fingerprint density at radius 3 is 2.42 bits per heavy atom. The molecule has 2 aromatic carbocycles. The van der Waals surface area contributed by atoms with E-state index >= 15 is 0 Å². The van der Waals surface area contributed by atoms with E-state index in [1.807, 2.05) is 39.0 Å². The molecule has 3 rings (SSSR count). The van der Waals surface area contributed by atoms with Crippen LogP contribution in [0.25, 0.3) is 10.9 Å². The molecule has 3 nitrogen and oxygen atoms in total. The summed E-state index contributed by atoms with van der Waals surface area (Å²) in [6.07, 6.45) is 0. The fourth-order valence-corrected chi connectivity index (χ4v) is 3.30. The molecule has 24 heavy (non-hydrogen) atoms. The number of carbonyl (C=O) groups excluding carboxylic acids is 1. The lowest BCUT2D eigenvalue weighted by Gasteiger charge is -2.24. The molecular weight excluding hydrogens is 296 g/mol. The van der Waals surface area contributed by atoms with Gasteiger partial charge in [-0.15, -0.1) is 0 Å². The second kappa shape index (κ2) is 6.16. The van der Waals surface area contributed by atoms with Crippen molar-refractivity contribution in [3.63, 3.8) is 0 Å². The van der Waals surface area contributed by atoms with Crippen LogP contribution in [0.5, 0.6) is 0 Å². The summed E-state index contributed by atoms with van der Waals surface area (Å²) in [5, 5.41) is 4.20. The smallest absolute Gasteiger partial charge is 0.230 e. The first kappa shape index (κ1) is 16.3. The SMILES string of the molecule is Cc1ccc(CNC(=O)C(C)(C)c2c(C)[nH]c3ccccc23)cc1. The topological polar surface area (TPSA) is 44.9 Å². The predicted octanol–water partition coefficient (Wildman–Crippen LogP) is 4.38. The highest BCUT2D eigenvalue weighted by Gasteiger charge is 2.33. The molecule has 1 amide bonds. The van der Waals surface area contributed by atoms with Crippen molar-refractivity contribution in [3.8, 4) is 0 Å². The average molecular weight is 320 g/mol. The number of aryl methyl sites for hydroxylation is 2. The molecule has 0 bridgehead atoms. The van der Waals surface area contributed by atoms with Crippen LogP contribution in [0.15, 0.2) is 48.5 Å². The lowest BCUT2D eigenvalue weighted by atomic mass is 9.81. The maximum absolute atomic E-state index is 12.9. The summed E-state index contributed by atoms with van der Waals surface area (Å²) < 4.78 is 0. The fraction of sp³-hybridized carbons (Fsp3) is 0.286. The number of rotatable bonds is 4. The molecule has 3 heteroatoms. The predicted molar refractivity (Wildman–Crippen MR) is 99.1 cm³/mol. The minimum Gasteiger partial charge on any atom is -0.358 e. The van der Waals surface area contributed by atoms with Gasteiger partial charge in [-0.2, -0.15) is 0 Å². The quantitative estimate of drug-likeness (QED) is 0.736. The Kier molecular flexibility index (Phi) is 4.18. The third-order valence-electron chi connectivity index (χ3n) is 4.66. The number of para-hydroxylation sites is 1. The van der Waals surface area contributed by atoms with E-state index in [-0.39, 0.29) is 5.91 Å². The molecule has 3 aromatic rings. The van der Waals surface area contributed by atoms with Crippen molar-refractivity contribution in [2.24, 2.45) is 0 Å². The van der Waals surface area contributed by atoms with Gasteiger partial charge in [0.1, 0.15) is 0 Å². The number of nitrogens with one attached hydrogen (secondary N) is 2. The molecule has 0 unspecified atom stereocenters. The number of amides is 1. The summed E-state index contributed by atoms with van der Waals surface area (Å²) in [4.78, 5) is 16.3. The maximum Gasteiger partial charge on any atom is 0.230 e. The van der Waals surface area contributed by atoms with E-state index in [9.17, 15) is 4.79 Å². The molecule has 0 aliphatic carbocycles. The van der Waals surface area contributed by atoms with Gasteiger partial charge in [-0.3, -0.25) is 4.79 Å². The average Bonchev–Trinajstić information content (AvgIpc) is 2.90. The van der Waals surface area contributed by atoms with Gasteiger partial charge in [-0.1, -0.05) is 48.0 Å². The van der Waals surface area contributed by atoms with Gasteiger partial charge in [0.2, 0.25) is 5.91 Å². The summed E-state index contributed by atoms with van der Waals surface area (Å²) in [7, 11) is 0. The van der Waals surface area contributed by atoms with Crippen molar-refractivity contribution in [3.05, 3.63) is 70.9 Å². The molecule has 0 fully saturated rings. The summed E-state index contributed by atoms with van der Waals surface area (Å²) in [5.74, 6) is 0.0379. The normalized spacial score (nSPS) is 11.7. The van der Waals surface area contributed by atoms with Crippen molar-refractivity contribution in [1.82, 2.24) is 10.3 Å². The lowest BCUT2D eigenvalue weighted by molar-refractivity contribution is -0.125. The van der Waals surface area contributed by atoms with Crippen molar-refractivity contribution >= 4 is 16.8 Å². The summed E-state index contributed by atoms with van der Waals surface area (Å²) in [6.45, 7) is 8.61. The van der Waals surface area contributed by atoms with E-state index in [0.717, 1.165) is 27.7 Å². The molecule has 1 aromatic heterocycles. The molecule has 0 saturated carbocycles. The van der Waals surface area contributed by atoms with E-state index in [4.69, 9.17) is 0 Å². The van der Waals surface area contributed by atoms with Gasteiger partial charge in [0.25, 0.3) is 0 Å². The Balaban J connectivity index is 1.84. The second-order valence-electron chi connectivity index (χ2n) is 6.96. The highest BCUT2D eigenvalue weighted by atomic mass is 16.2. The molecule has 0 saturated heterocycles. The number of benzene rings is 2. The fourth-order valence-electron chi connectivity index (χ4n) is 3.30. The molecule has 0 radical (unpaired) electrons. The Labute approximate surface area is 143 Å². The molecule has 1 heterocycles. The van der Waals surface area contributed by atoms with Crippen LogP contribution in [0.1, 0.15) is 36.2 Å². The minimum atomic E-state index is -0.603. The summed E-state index contributed by atoms with van der Waals surface area (Å²) in [5.41, 5.74) is 4.92. The largest absolute Gasteiger partial charge is 0.358 e. The Bertz CT molecular complexity index is 872. The van der Waals surface area contributed by atoms with Gasteiger partial charge in [-0.05, 0) is 44.9 Å². The van der Waals surface area contributed by atoms with E-state index in [1.54, 1.807) is 0 Å². The Hall–Kier alpha value is -2.55. The van der Waals surface area contributed by atoms with Crippen LogP contribution in [-0.2, 0) is 16.8 Å². The number of aromatic amines is 1. The number of carbonyl (C=O) groups is 1. The van der Waals surface area contributed by atoms with Gasteiger partial charge in [0.05, 0.1) is 5.41 Å². The molecule has 2 N–H and O–H groups in total. The number of hydrogen-bond acceptors (Lipinski definition) is 1. The van der Waals surface area contributed by atoms with Crippen LogP contribution in [0, 0.1) is 13.8 Å². The third-order valence-corrected chi connectivity index (χ3v) is 4.66. The third kappa shape index (κ3) is 2.94. The maximum atomic E-state index is 12.9. The van der Waals surface area contributed by atoms with Crippen LogP contribution in [0.4, 0.5) is 0 Å². The first-order valence-corrected chi connectivity index (χ1v) is 8.31. The zero-order valence-corrected chi connectivity index (χ0v) is 14.7. The first-order valence-electron chi connectivity index (χ1n) is 8.31. The number of hydrogen-bond donors (Lipinski definition) is 2. The van der Waals surface area contributed by atoms with Crippen LogP contribution in [0.3, 0.4) is 0 Å². The zero-order valence-electron chi connectivity index (χ0n) is 14.7. The van der Waals surface area contributed by atoms with Crippen LogP contribution < -0.4 is 5.32 Å². The van der Waals surface area contributed by atoms with E-state index in [2.05, 4.69) is 47.6 Å². The first-order chi connectivity index (χ1) is 11.4. The standard InChI is InChI=1S/C21H24N2O/c1-14-9-11-16(12-10-14)13-22-20(24)21(3,4)19-15(2)23-18-8-6-5-7-17(18)19/h5-12,23H,13H2,1-4H3,(H,22,24). The highest BCUT2D eigenvalue weighted by Crippen LogP contribution is 2.33. The van der Waals surface area contributed by atoms with Crippen molar-refractivity contribution in [1.29, 1.82) is 0 Å². The van der Waals surface area contributed by atoms with E-state index in [0.29, 0.717) is 6.54 Å². The van der Waals surface area contributed by atoms with Crippen molar-refractivity contribution in [2.45, 2.75) is 39.7 Å². The molecule has 0 aliphatic rings. The van der Waals surface area contributed by atoms with Gasteiger partial charge >= 0.3 is 0 Å². The van der Waals surface area contributed by atoms with Crippen LogP contribution in [0.2, 0.25) is 0 Å². The number of aromatic nitrogens is 1. The molecule has 0 spiro atoms. The number of fused-ring (bicyclic) bond motifs is 1. The van der Waals surface area contributed by atoms with Crippen LogP contribution in [-0.4, -0.2) is 10.9 Å². The second-order valence-corrected chi connectivity index (χ2v) is 6.96. The molecule has 0 atom stereocenters. The monoisotopic (exact) mass is 320 g/mol. The number of H-pyrrole nitrogens is 1. The molecule has 0 aliphatic heterocycles. The summed E-state index contributed by atoms with van der Waals surface area (Å²) in [6, 6.07) is 16.4. The Morgan fingerprint density at radius 2 is 1.71 bits per heavy atom. The molecule has 124 valence electrons. The van der Waals surface area contributed by atoms with E-state index < -0.39 is 5.41 Å². The van der Waals surface area contributed by atoms with Crippen LogP contribution >= 0.6 is 0 Å². The van der Waals surface area contributed by atoms with Crippen molar-refractivity contribution < 1.29 is 4.79 Å². The summed E-state index contributed by atoms with van der Waals surface area (Å²) >= 11 is 0. The lowest BCUT2D eigenvalue weighted by Crippen LogP contribution is -2.40. The zero-order chi connectivity index (χ0) is 17.3. The van der Waals surface area contributed by atoms with Gasteiger partial charge < -0.3 is 10.3 Å².